The molecule has 17 heavy (non-hydrogen) atoms. The van der Waals surface area contributed by atoms with Crippen molar-refractivity contribution < 1.29 is 9.84 Å². The molecular formula is C15H24O2. The maximum absolute atomic E-state index is 10.2. The third-order valence-electron chi connectivity index (χ3n) is 4.07. The first-order valence-corrected chi connectivity index (χ1v) is 6.54. The van der Waals surface area contributed by atoms with Crippen LogP contribution in [-0.4, -0.2) is 22.9 Å². The topological polar surface area (TPSA) is 32.8 Å². The van der Waals surface area contributed by atoms with Gasteiger partial charge in [-0.2, -0.15) is 0 Å². The highest BCUT2D eigenvalue weighted by Gasteiger charge is 2.56. The fourth-order valence-corrected chi connectivity index (χ4v) is 2.39. The van der Waals surface area contributed by atoms with Gasteiger partial charge in [-0.05, 0) is 38.5 Å². The number of aliphatic hydroxyl groups excluding tert-OH is 1. The van der Waals surface area contributed by atoms with Crippen LogP contribution in [0.3, 0.4) is 0 Å². The van der Waals surface area contributed by atoms with Gasteiger partial charge in [-0.15, -0.1) is 0 Å². The molecule has 1 saturated heterocycles. The molecule has 0 spiro atoms. The molecule has 1 fully saturated rings. The Morgan fingerprint density at radius 2 is 2.06 bits per heavy atom. The zero-order valence-corrected chi connectivity index (χ0v) is 11.4. The second-order valence-electron chi connectivity index (χ2n) is 6.38. The first-order valence-electron chi connectivity index (χ1n) is 6.54. The molecular weight excluding hydrogens is 212 g/mol. The Morgan fingerprint density at radius 1 is 1.35 bits per heavy atom. The van der Waals surface area contributed by atoms with Crippen LogP contribution < -0.4 is 0 Å². The smallest absolute Gasteiger partial charge is 0.121 e. The van der Waals surface area contributed by atoms with Gasteiger partial charge in [-0.1, -0.05) is 37.6 Å². The van der Waals surface area contributed by atoms with Crippen molar-refractivity contribution in [2.75, 3.05) is 0 Å². The standard InChI is InChI=1S/C15H24O2/c1-11-5-6-13-15(4,17-13)12(16)8-10-14(2,3)9-7-11/h7-8,10,12-13,16H,5-6,9H2,1-4H3/b10-8+,11-7+/t12-,13-,15+/m0/s1. The molecule has 3 atom stereocenters. The lowest BCUT2D eigenvalue weighted by Crippen LogP contribution is -2.27. The van der Waals surface area contributed by atoms with Gasteiger partial charge < -0.3 is 9.84 Å². The summed E-state index contributed by atoms with van der Waals surface area (Å²) in [4.78, 5) is 0. The minimum absolute atomic E-state index is 0.104. The summed E-state index contributed by atoms with van der Waals surface area (Å²) in [5.74, 6) is 0. The van der Waals surface area contributed by atoms with E-state index in [1.54, 1.807) is 0 Å². The molecule has 2 heteroatoms. The molecule has 2 aliphatic rings. The summed E-state index contributed by atoms with van der Waals surface area (Å²) in [5.41, 5.74) is 1.19. The Morgan fingerprint density at radius 3 is 2.76 bits per heavy atom. The van der Waals surface area contributed by atoms with E-state index < -0.39 is 6.10 Å². The molecule has 0 aromatic rings. The molecule has 0 unspecified atom stereocenters. The Kier molecular flexibility index (Phi) is 3.21. The predicted molar refractivity (Wildman–Crippen MR) is 69.8 cm³/mol. The van der Waals surface area contributed by atoms with Gasteiger partial charge in [0.05, 0.1) is 6.10 Å². The van der Waals surface area contributed by atoms with Crippen molar-refractivity contribution in [2.45, 2.75) is 64.8 Å². The Bertz CT molecular complexity index is 354. The van der Waals surface area contributed by atoms with Crippen LogP contribution >= 0.6 is 0 Å². The van der Waals surface area contributed by atoms with E-state index in [4.69, 9.17) is 4.74 Å². The van der Waals surface area contributed by atoms with E-state index in [2.05, 4.69) is 32.9 Å². The van der Waals surface area contributed by atoms with Gasteiger partial charge in [-0.3, -0.25) is 0 Å². The molecule has 0 radical (unpaired) electrons. The van der Waals surface area contributed by atoms with Gasteiger partial charge >= 0.3 is 0 Å². The minimum Gasteiger partial charge on any atom is -0.386 e. The van der Waals surface area contributed by atoms with Crippen LogP contribution in [0, 0.1) is 5.41 Å². The summed E-state index contributed by atoms with van der Waals surface area (Å²) >= 11 is 0. The molecule has 0 aromatic carbocycles. The Balaban J connectivity index is 2.19. The van der Waals surface area contributed by atoms with Crippen LogP contribution in [0.25, 0.3) is 0 Å². The van der Waals surface area contributed by atoms with Gasteiger partial charge in [0.1, 0.15) is 11.7 Å². The van der Waals surface area contributed by atoms with Crippen LogP contribution in [0.1, 0.15) is 47.0 Å². The molecule has 2 rings (SSSR count). The number of hydrogen-bond donors (Lipinski definition) is 1. The van der Waals surface area contributed by atoms with Gasteiger partial charge in [0.25, 0.3) is 0 Å². The van der Waals surface area contributed by atoms with Gasteiger partial charge in [0, 0.05) is 0 Å². The average Bonchev–Trinajstić information content (AvgIpc) is 2.93. The maximum Gasteiger partial charge on any atom is 0.121 e. The molecule has 0 saturated carbocycles. The van der Waals surface area contributed by atoms with Crippen molar-refractivity contribution in [3.05, 3.63) is 23.8 Å². The number of aliphatic hydroxyl groups is 1. The van der Waals surface area contributed by atoms with Crippen LogP contribution in [0.15, 0.2) is 23.8 Å². The quantitative estimate of drug-likeness (QED) is 0.517. The normalized spacial score (nSPS) is 46.1. The van der Waals surface area contributed by atoms with Crippen molar-refractivity contribution in [1.29, 1.82) is 0 Å². The zero-order valence-electron chi connectivity index (χ0n) is 11.4. The number of rotatable bonds is 0. The molecule has 0 aromatic heterocycles. The highest BCUT2D eigenvalue weighted by Crippen LogP contribution is 2.43. The second kappa shape index (κ2) is 4.25. The van der Waals surface area contributed by atoms with E-state index in [-0.39, 0.29) is 17.1 Å². The van der Waals surface area contributed by atoms with E-state index >= 15 is 0 Å². The third kappa shape index (κ3) is 2.80. The SMILES string of the molecule is C/C1=C\CC(C)(C)/C=C/[C@H](O)[C@@]2(C)O[C@H]2CC1. The first-order chi connectivity index (χ1) is 7.83. The monoisotopic (exact) mass is 236 g/mol. The van der Waals surface area contributed by atoms with Crippen molar-refractivity contribution in [2.24, 2.45) is 5.41 Å². The predicted octanol–water partition coefficient (Wildman–Crippen LogP) is 3.22. The molecule has 1 aliphatic heterocycles. The second-order valence-corrected chi connectivity index (χ2v) is 6.38. The lowest BCUT2D eigenvalue weighted by atomic mass is 9.87. The Labute approximate surface area is 104 Å². The lowest BCUT2D eigenvalue weighted by Gasteiger charge is -2.19. The summed E-state index contributed by atoms with van der Waals surface area (Å²) in [5, 5.41) is 10.2. The van der Waals surface area contributed by atoms with Crippen LogP contribution in [-0.2, 0) is 4.74 Å². The fraction of sp³-hybridized carbons (Fsp3) is 0.733. The van der Waals surface area contributed by atoms with Crippen LogP contribution in [0.4, 0.5) is 0 Å². The average molecular weight is 236 g/mol. The van der Waals surface area contributed by atoms with Crippen molar-refractivity contribution in [1.82, 2.24) is 0 Å². The number of epoxide rings is 1. The molecule has 1 N–H and O–H groups in total. The third-order valence-corrected chi connectivity index (χ3v) is 4.07. The van der Waals surface area contributed by atoms with Crippen molar-refractivity contribution >= 4 is 0 Å². The highest BCUT2D eigenvalue weighted by molar-refractivity contribution is 5.16. The molecule has 1 aliphatic carbocycles. The van der Waals surface area contributed by atoms with Gasteiger partial charge in [0.15, 0.2) is 0 Å². The van der Waals surface area contributed by atoms with Crippen LogP contribution in [0.5, 0.6) is 0 Å². The highest BCUT2D eigenvalue weighted by atomic mass is 16.6. The van der Waals surface area contributed by atoms with Crippen molar-refractivity contribution in [3.63, 3.8) is 0 Å². The summed E-state index contributed by atoms with van der Waals surface area (Å²) in [6, 6.07) is 0. The zero-order chi connectivity index (χ0) is 12.7. The largest absolute Gasteiger partial charge is 0.386 e. The molecule has 2 nitrogen and oxygen atoms in total. The lowest BCUT2D eigenvalue weighted by molar-refractivity contribution is 0.122. The maximum atomic E-state index is 10.2. The fourth-order valence-electron chi connectivity index (χ4n) is 2.39. The summed E-state index contributed by atoms with van der Waals surface area (Å²) in [7, 11) is 0. The number of allylic oxidation sites excluding steroid dienone is 3. The minimum atomic E-state index is -0.481. The van der Waals surface area contributed by atoms with E-state index in [0.29, 0.717) is 0 Å². The number of fused-ring (bicyclic) bond motifs is 1. The summed E-state index contributed by atoms with van der Waals surface area (Å²) < 4.78 is 5.68. The van der Waals surface area contributed by atoms with E-state index in [1.165, 1.54) is 5.57 Å². The van der Waals surface area contributed by atoms with Gasteiger partial charge in [-0.25, -0.2) is 0 Å². The molecule has 0 amide bonds. The summed E-state index contributed by atoms with van der Waals surface area (Å²) in [6.07, 6.45) is 9.21. The van der Waals surface area contributed by atoms with E-state index in [0.717, 1.165) is 19.3 Å². The number of ether oxygens (including phenoxy) is 1. The van der Waals surface area contributed by atoms with Gasteiger partial charge in [0.2, 0.25) is 0 Å². The van der Waals surface area contributed by atoms with E-state index in [9.17, 15) is 5.11 Å². The van der Waals surface area contributed by atoms with E-state index in [1.807, 2.05) is 13.0 Å². The number of hydrogen-bond acceptors (Lipinski definition) is 2. The van der Waals surface area contributed by atoms with Crippen LogP contribution in [0.2, 0.25) is 0 Å². The Hall–Kier alpha value is -0.600. The molecule has 0 bridgehead atoms. The van der Waals surface area contributed by atoms with Crippen molar-refractivity contribution in [3.8, 4) is 0 Å². The summed E-state index contributed by atoms with van der Waals surface area (Å²) in [6.45, 7) is 8.60. The molecule has 1 heterocycles. The first kappa shape index (κ1) is 12.8. The molecule has 96 valence electrons.